The molecule has 5 nitrogen and oxygen atoms in total. The Morgan fingerprint density at radius 2 is 1.95 bits per heavy atom. The van der Waals surface area contributed by atoms with Gasteiger partial charge in [-0.1, -0.05) is 24.6 Å². The fourth-order valence-electron chi connectivity index (χ4n) is 1.65. The lowest BCUT2D eigenvalue weighted by Crippen LogP contribution is -2.15. The molecule has 0 radical (unpaired) electrons. The largest absolute Gasteiger partial charge is 0.280 e. The zero-order chi connectivity index (χ0) is 15.5. The van der Waals surface area contributed by atoms with Crippen molar-refractivity contribution in [2.75, 3.05) is 4.72 Å². The van der Waals surface area contributed by atoms with Crippen molar-refractivity contribution in [3.05, 3.63) is 52.8 Å². The van der Waals surface area contributed by atoms with Gasteiger partial charge in [-0.05, 0) is 17.7 Å². The Kier molecular flexibility index (Phi) is 4.74. The normalized spacial score (nSPS) is 11.4. The quantitative estimate of drug-likeness (QED) is 0.915. The Hall–Kier alpha value is -1.73. The van der Waals surface area contributed by atoms with E-state index in [4.69, 9.17) is 11.6 Å². The van der Waals surface area contributed by atoms with E-state index in [1.54, 1.807) is 0 Å². The molecule has 1 aromatic carbocycles. The molecule has 0 amide bonds. The van der Waals surface area contributed by atoms with E-state index in [2.05, 4.69) is 14.7 Å². The molecule has 0 unspecified atom stereocenters. The van der Waals surface area contributed by atoms with Crippen molar-refractivity contribution >= 4 is 27.3 Å². The van der Waals surface area contributed by atoms with Crippen molar-refractivity contribution in [1.29, 1.82) is 0 Å². The highest BCUT2D eigenvalue weighted by molar-refractivity contribution is 7.91. The van der Waals surface area contributed by atoms with Crippen LogP contribution in [0, 0.1) is 5.82 Å². The average molecular weight is 330 g/mol. The SMILES string of the molecule is CCc1ncc(NS(=O)(=O)Cc2ccc(F)c(Cl)c2)cn1. The zero-order valence-electron chi connectivity index (χ0n) is 11.2. The van der Waals surface area contributed by atoms with Crippen LogP contribution < -0.4 is 4.72 Å². The molecule has 1 aromatic heterocycles. The van der Waals surface area contributed by atoms with Gasteiger partial charge in [0.15, 0.2) is 0 Å². The third kappa shape index (κ3) is 4.37. The van der Waals surface area contributed by atoms with Gasteiger partial charge in [0, 0.05) is 6.42 Å². The molecule has 0 spiro atoms. The number of halogens is 2. The molecule has 0 saturated carbocycles. The summed E-state index contributed by atoms with van der Waals surface area (Å²) in [5.74, 6) is -0.277. The molecule has 21 heavy (non-hydrogen) atoms. The molecule has 0 fully saturated rings. The minimum absolute atomic E-state index is 0.113. The van der Waals surface area contributed by atoms with E-state index in [1.807, 2.05) is 6.92 Å². The smallest absolute Gasteiger partial charge is 0.237 e. The highest BCUT2D eigenvalue weighted by atomic mass is 35.5. The number of rotatable bonds is 5. The first-order valence-electron chi connectivity index (χ1n) is 6.15. The van der Waals surface area contributed by atoms with E-state index >= 15 is 0 Å². The molecule has 0 bridgehead atoms. The lowest BCUT2D eigenvalue weighted by Gasteiger charge is -2.08. The van der Waals surface area contributed by atoms with Gasteiger partial charge in [-0.25, -0.2) is 22.8 Å². The van der Waals surface area contributed by atoms with Crippen LogP contribution in [-0.2, 0) is 22.2 Å². The van der Waals surface area contributed by atoms with E-state index in [0.29, 0.717) is 17.8 Å². The Morgan fingerprint density at radius 3 is 2.52 bits per heavy atom. The zero-order valence-corrected chi connectivity index (χ0v) is 12.7. The molecule has 1 N–H and O–H groups in total. The van der Waals surface area contributed by atoms with Crippen LogP contribution in [0.15, 0.2) is 30.6 Å². The van der Waals surface area contributed by atoms with Gasteiger partial charge in [-0.3, -0.25) is 4.72 Å². The molecule has 0 saturated heterocycles. The monoisotopic (exact) mass is 329 g/mol. The maximum Gasteiger partial charge on any atom is 0.237 e. The second kappa shape index (κ2) is 6.36. The molecule has 0 aliphatic heterocycles. The number of nitrogens with one attached hydrogen (secondary N) is 1. The Bertz CT molecular complexity index is 736. The van der Waals surface area contributed by atoms with Gasteiger partial charge in [0.2, 0.25) is 10.0 Å². The van der Waals surface area contributed by atoms with Crippen LogP contribution in [0.2, 0.25) is 5.02 Å². The molecule has 0 aliphatic rings. The van der Waals surface area contributed by atoms with Crippen molar-refractivity contribution in [1.82, 2.24) is 9.97 Å². The van der Waals surface area contributed by atoms with Crippen LogP contribution in [0.4, 0.5) is 10.1 Å². The van der Waals surface area contributed by atoms with Crippen molar-refractivity contribution in [3.8, 4) is 0 Å². The number of hydrogen-bond acceptors (Lipinski definition) is 4. The summed E-state index contributed by atoms with van der Waals surface area (Å²) in [6.07, 6.45) is 3.48. The number of anilines is 1. The van der Waals surface area contributed by atoms with E-state index in [1.165, 1.54) is 24.5 Å². The summed E-state index contributed by atoms with van der Waals surface area (Å²) in [7, 11) is -3.65. The van der Waals surface area contributed by atoms with Crippen molar-refractivity contribution < 1.29 is 12.8 Å². The first-order chi connectivity index (χ1) is 9.89. The predicted octanol–water partition coefficient (Wildman–Crippen LogP) is 2.77. The van der Waals surface area contributed by atoms with Gasteiger partial charge in [0.25, 0.3) is 0 Å². The van der Waals surface area contributed by atoms with Crippen molar-refractivity contribution in [2.24, 2.45) is 0 Å². The summed E-state index contributed by atoms with van der Waals surface area (Å²) in [5.41, 5.74) is 0.667. The fraction of sp³-hybridized carbons (Fsp3) is 0.231. The second-order valence-corrected chi connectivity index (χ2v) is 6.48. The maximum absolute atomic E-state index is 13.0. The van der Waals surface area contributed by atoms with Gasteiger partial charge in [-0.15, -0.1) is 0 Å². The van der Waals surface area contributed by atoms with Gasteiger partial charge >= 0.3 is 0 Å². The molecular formula is C13H13ClFN3O2S. The molecule has 1 heterocycles. The summed E-state index contributed by atoms with van der Waals surface area (Å²) in [5, 5.41) is -0.113. The first kappa shape index (κ1) is 15.7. The summed E-state index contributed by atoms with van der Waals surface area (Å²) in [4.78, 5) is 8.01. The average Bonchev–Trinajstić information content (AvgIpc) is 2.43. The van der Waals surface area contributed by atoms with Crippen molar-refractivity contribution in [2.45, 2.75) is 19.1 Å². The highest BCUT2D eigenvalue weighted by Crippen LogP contribution is 2.18. The van der Waals surface area contributed by atoms with Crippen LogP contribution in [0.25, 0.3) is 0 Å². The van der Waals surface area contributed by atoms with Crippen LogP contribution in [0.5, 0.6) is 0 Å². The van der Waals surface area contributed by atoms with Gasteiger partial charge < -0.3 is 0 Å². The third-order valence-electron chi connectivity index (χ3n) is 2.64. The minimum atomic E-state index is -3.65. The molecular weight excluding hydrogens is 317 g/mol. The maximum atomic E-state index is 13.0. The number of sulfonamides is 1. The van der Waals surface area contributed by atoms with Crippen LogP contribution in [-0.4, -0.2) is 18.4 Å². The van der Waals surface area contributed by atoms with Gasteiger partial charge in [0.05, 0.1) is 28.9 Å². The topological polar surface area (TPSA) is 72.0 Å². The molecule has 2 rings (SSSR count). The number of aromatic nitrogens is 2. The molecule has 0 aliphatic carbocycles. The summed E-state index contributed by atoms with van der Waals surface area (Å²) >= 11 is 5.63. The lowest BCUT2D eigenvalue weighted by molar-refractivity contribution is 0.600. The van der Waals surface area contributed by atoms with Crippen LogP contribution in [0.1, 0.15) is 18.3 Å². The van der Waals surface area contributed by atoms with E-state index in [-0.39, 0.29) is 16.5 Å². The number of nitrogens with zero attached hydrogens (tertiary/aromatic N) is 2. The summed E-state index contributed by atoms with van der Waals surface area (Å²) < 4.78 is 39.4. The minimum Gasteiger partial charge on any atom is -0.280 e. The van der Waals surface area contributed by atoms with E-state index in [9.17, 15) is 12.8 Å². The number of aryl methyl sites for hydroxylation is 1. The van der Waals surface area contributed by atoms with Crippen molar-refractivity contribution in [3.63, 3.8) is 0 Å². The second-order valence-electron chi connectivity index (χ2n) is 4.35. The number of benzene rings is 1. The lowest BCUT2D eigenvalue weighted by atomic mass is 10.2. The Morgan fingerprint density at radius 1 is 1.29 bits per heavy atom. The highest BCUT2D eigenvalue weighted by Gasteiger charge is 2.13. The van der Waals surface area contributed by atoms with Crippen LogP contribution >= 0.6 is 11.6 Å². The first-order valence-corrected chi connectivity index (χ1v) is 8.18. The molecule has 2 aromatic rings. The summed E-state index contributed by atoms with van der Waals surface area (Å²) in [6, 6.07) is 3.79. The standard InChI is InChI=1S/C13H13ClFN3O2S/c1-2-13-16-6-10(7-17-13)18-21(19,20)8-9-3-4-12(15)11(14)5-9/h3-7,18H,2,8H2,1H3. The summed E-state index contributed by atoms with van der Waals surface area (Å²) in [6.45, 7) is 1.90. The van der Waals surface area contributed by atoms with E-state index in [0.717, 1.165) is 6.07 Å². The Balaban J connectivity index is 2.12. The molecule has 8 heteroatoms. The Labute approximate surface area is 127 Å². The van der Waals surface area contributed by atoms with Gasteiger partial charge in [0.1, 0.15) is 11.6 Å². The third-order valence-corrected chi connectivity index (χ3v) is 4.19. The number of hydrogen-bond donors (Lipinski definition) is 1. The molecule has 0 atom stereocenters. The molecule has 112 valence electrons. The van der Waals surface area contributed by atoms with E-state index < -0.39 is 15.8 Å². The van der Waals surface area contributed by atoms with Gasteiger partial charge in [-0.2, -0.15) is 0 Å². The van der Waals surface area contributed by atoms with Crippen LogP contribution in [0.3, 0.4) is 0 Å². The predicted molar refractivity (Wildman–Crippen MR) is 79.1 cm³/mol. The fourth-order valence-corrected chi connectivity index (χ4v) is 3.01.